The van der Waals surface area contributed by atoms with E-state index in [1.165, 1.54) is 0 Å². The van der Waals surface area contributed by atoms with Crippen LogP contribution in [-0.4, -0.2) is 36.9 Å². The van der Waals surface area contributed by atoms with E-state index < -0.39 is 0 Å². The molecule has 1 N–H and O–H groups in total. The topological polar surface area (TPSA) is 60.2 Å². The van der Waals surface area contributed by atoms with Crippen molar-refractivity contribution in [3.8, 4) is 0 Å². The molecule has 0 amide bonds. The summed E-state index contributed by atoms with van der Waals surface area (Å²) < 4.78 is 10.4. The van der Waals surface area contributed by atoms with Crippen LogP contribution >= 0.6 is 0 Å². The Hall–Kier alpha value is -0.940. The molecular formula is C12H21N3O2. The zero-order chi connectivity index (χ0) is 12.1. The number of nitrogens with zero attached hydrogens (tertiary/aromatic N) is 2. The van der Waals surface area contributed by atoms with Crippen LogP contribution in [0.2, 0.25) is 0 Å². The summed E-state index contributed by atoms with van der Waals surface area (Å²) in [6.07, 6.45) is 4.03. The number of rotatable bonds is 5. The van der Waals surface area contributed by atoms with Gasteiger partial charge in [-0.15, -0.1) is 0 Å². The summed E-state index contributed by atoms with van der Waals surface area (Å²) in [6.45, 7) is 4.94. The lowest BCUT2D eigenvalue weighted by atomic mass is 9.83. The molecule has 2 rings (SSSR count). The molecule has 5 heteroatoms. The van der Waals surface area contributed by atoms with Crippen molar-refractivity contribution in [1.29, 1.82) is 0 Å². The Labute approximate surface area is 102 Å². The van der Waals surface area contributed by atoms with E-state index in [-0.39, 0.29) is 5.41 Å². The Morgan fingerprint density at radius 1 is 1.53 bits per heavy atom. The largest absolute Gasteiger partial charge is 0.385 e. The van der Waals surface area contributed by atoms with Crippen LogP contribution < -0.4 is 5.32 Å². The van der Waals surface area contributed by atoms with Crippen molar-refractivity contribution in [3.05, 3.63) is 11.7 Å². The van der Waals surface area contributed by atoms with E-state index in [1.54, 1.807) is 7.11 Å². The number of hydrogen-bond acceptors (Lipinski definition) is 5. The van der Waals surface area contributed by atoms with Gasteiger partial charge in [-0.1, -0.05) is 5.16 Å². The molecule has 0 spiro atoms. The highest BCUT2D eigenvalue weighted by Crippen LogP contribution is 2.29. The van der Waals surface area contributed by atoms with Gasteiger partial charge in [-0.25, -0.2) is 0 Å². The van der Waals surface area contributed by atoms with Crippen LogP contribution in [-0.2, 0) is 16.6 Å². The highest BCUT2D eigenvalue weighted by Gasteiger charge is 2.34. The molecule has 1 unspecified atom stereocenters. The third kappa shape index (κ3) is 3.04. The third-order valence-corrected chi connectivity index (χ3v) is 3.33. The van der Waals surface area contributed by atoms with Gasteiger partial charge in [0.2, 0.25) is 5.89 Å². The van der Waals surface area contributed by atoms with Gasteiger partial charge in [-0.3, -0.25) is 0 Å². The van der Waals surface area contributed by atoms with E-state index in [1.807, 2.05) is 0 Å². The van der Waals surface area contributed by atoms with Crippen LogP contribution in [0.15, 0.2) is 4.52 Å². The maximum atomic E-state index is 5.40. The van der Waals surface area contributed by atoms with E-state index >= 15 is 0 Å². The van der Waals surface area contributed by atoms with Crippen molar-refractivity contribution < 1.29 is 9.26 Å². The Kier molecular flexibility index (Phi) is 4.12. The molecule has 1 aliphatic heterocycles. The lowest BCUT2D eigenvalue weighted by Gasteiger charge is -2.30. The van der Waals surface area contributed by atoms with E-state index in [9.17, 15) is 0 Å². The predicted octanol–water partition coefficient (Wildman–Crippen LogP) is 1.29. The molecule has 1 fully saturated rings. The summed E-state index contributed by atoms with van der Waals surface area (Å²) in [6, 6.07) is 0. The Morgan fingerprint density at radius 2 is 2.41 bits per heavy atom. The minimum absolute atomic E-state index is 0.00472. The molecule has 2 heterocycles. The molecule has 0 aromatic carbocycles. The first kappa shape index (κ1) is 12.5. The average Bonchev–Trinajstić information content (AvgIpc) is 2.80. The van der Waals surface area contributed by atoms with Gasteiger partial charge in [0.05, 0.1) is 5.41 Å². The lowest BCUT2D eigenvalue weighted by molar-refractivity contribution is 0.194. The minimum atomic E-state index is 0.00472. The standard InChI is InChI=1S/C12H21N3O2/c1-12(6-4-7-13-9-12)11-14-10(15-17-11)5-3-8-16-2/h13H,3-9H2,1-2H3. The summed E-state index contributed by atoms with van der Waals surface area (Å²) in [5.74, 6) is 1.57. The fraction of sp³-hybridized carbons (Fsp3) is 0.833. The highest BCUT2D eigenvalue weighted by atomic mass is 16.5. The monoisotopic (exact) mass is 239 g/mol. The van der Waals surface area contributed by atoms with Crippen molar-refractivity contribution in [3.63, 3.8) is 0 Å². The summed E-state index contributed by atoms with van der Waals surface area (Å²) in [5, 5.41) is 7.43. The van der Waals surface area contributed by atoms with Gasteiger partial charge in [0.25, 0.3) is 0 Å². The molecular weight excluding hydrogens is 218 g/mol. The molecule has 1 aromatic heterocycles. The quantitative estimate of drug-likeness (QED) is 0.785. The van der Waals surface area contributed by atoms with Crippen LogP contribution in [0.5, 0.6) is 0 Å². The van der Waals surface area contributed by atoms with E-state index in [0.29, 0.717) is 0 Å². The number of methoxy groups -OCH3 is 1. The number of aromatic nitrogens is 2. The molecule has 5 nitrogen and oxygen atoms in total. The summed E-state index contributed by atoms with van der Waals surface area (Å²) in [7, 11) is 1.70. The lowest BCUT2D eigenvalue weighted by Crippen LogP contribution is -2.41. The van der Waals surface area contributed by atoms with Gasteiger partial charge in [0, 0.05) is 26.7 Å². The number of aryl methyl sites for hydroxylation is 1. The van der Waals surface area contributed by atoms with Crippen molar-refractivity contribution >= 4 is 0 Å². The number of piperidine rings is 1. The molecule has 0 bridgehead atoms. The maximum Gasteiger partial charge on any atom is 0.233 e. The molecule has 0 saturated carbocycles. The van der Waals surface area contributed by atoms with Gasteiger partial charge in [-0.05, 0) is 32.7 Å². The summed E-state index contributed by atoms with van der Waals surface area (Å²) in [5.41, 5.74) is 0.00472. The smallest absolute Gasteiger partial charge is 0.233 e. The van der Waals surface area contributed by atoms with Crippen LogP contribution in [0.3, 0.4) is 0 Å². The fourth-order valence-corrected chi connectivity index (χ4v) is 2.21. The van der Waals surface area contributed by atoms with Crippen molar-refractivity contribution in [2.75, 3.05) is 26.8 Å². The van der Waals surface area contributed by atoms with Crippen LogP contribution in [0.4, 0.5) is 0 Å². The first-order chi connectivity index (χ1) is 8.24. The maximum absolute atomic E-state index is 5.40. The second-order valence-corrected chi connectivity index (χ2v) is 4.95. The molecule has 1 atom stereocenters. The van der Waals surface area contributed by atoms with Gasteiger partial charge in [-0.2, -0.15) is 4.98 Å². The third-order valence-electron chi connectivity index (χ3n) is 3.33. The minimum Gasteiger partial charge on any atom is -0.385 e. The van der Waals surface area contributed by atoms with Crippen LogP contribution in [0, 0.1) is 0 Å². The second kappa shape index (κ2) is 5.60. The van der Waals surface area contributed by atoms with Crippen molar-refractivity contribution in [2.45, 2.75) is 38.0 Å². The molecule has 17 heavy (non-hydrogen) atoms. The normalized spacial score (nSPS) is 25.1. The molecule has 1 aliphatic rings. The molecule has 1 aromatic rings. The van der Waals surface area contributed by atoms with E-state index in [0.717, 1.165) is 57.1 Å². The predicted molar refractivity (Wildman–Crippen MR) is 64.0 cm³/mol. The highest BCUT2D eigenvalue weighted by molar-refractivity contribution is 5.06. The van der Waals surface area contributed by atoms with E-state index in [4.69, 9.17) is 9.26 Å². The average molecular weight is 239 g/mol. The Morgan fingerprint density at radius 3 is 3.12 bits per heavy atom. The van der Waals surface area contributed by atoms with Crippen LogP contribution in [0.25, 0.3) is 0 Å². The van der Waals surface area contributed by atoms with E-state index in [2.05, 4.69) is 22.4 Å². The fourth-order valence-electron chi connectivity index (χ4n) is 2.21. The first-order valence-electron chi connectivity index (χ1n) is 6.27. The summed E-state index contributed by atoms with van der Waals surface area (Å²) in [4.78, 5) is 4.50. The van der Waals surface area contributed by atoms with Crippen LogP contribution in [0.1, 0.15) is 37.9 Å². The van der Waals surface area contributed by atoms with Gasteiger partial charge < -0.3 is 14.6 Å². The SMILES string of the molecule is COCCCc1noc(C2(C)CCCNC2)n1. The van der Waals surface area contributed by atoms with Gasteiger partial charge in [0.15, 0.2) is 5.82 Å². The molecule has 0 radical (unpaired) electrons. The van der Waals surface area contributed by atoms with Gasteiger partial charge in [0.1, 0.15) is 0 Å². The molecule has 0 aliphatic carbocycles. The number of nitrogens with one attached hydrogen (secondary N) is 1. The molecule has 96 valence electrons. The molecule has 1 saturated heterocycles. The van der Waals surface area contributed by atoms with Crippen molar-refractivity contribution in [1.82, 2.24) is 15.5 Å². The second-order valence-electron chi connectivity index (χ2n) is 4.95. The number of hydrogen-bond donors (Lipinski definition) is 1. The summed E-state index contributed by atoms with van der Waals surface area (Å²) >= 11 is 0. The zero-order valence-corrected chi connectivity index (χ0v) is 10.7. The van der Waals surface area contributed by atoms with Gasteiger partial charge >= 0.3 is 0 Å². The van der Waals surface area contributed by atoms with Crippen molar-refractivity contribution in [2.24, 2.45) is 0 Å². The Bertz CT molecular complexity index is 345. The zero-order valence-electron chi connectivity index (χ0n) is 10.7. The first-order valence-corrected chi connectivity index (χ1v) is 6.27. The Balaban J connectivity index is 1.96. The number of ether oxygens (including phenoxy) is 1.